The maximum Gasteiger partial charge on any atom is 0.320 e. The van der Waals surface area contributed by atoms with Gasteiger partial charge in [0.1, 0.15) is 12.2 Å². The lowest BCUT2D eigenvalue weighted by Gasteiger charge is -2.19. The number of rotatable bonds is 4. The highest BCUT2D eigenvalue weighted by Crippen LogP contribution is 2.30. The topological polar surface area (TPSA) is 59.5 Å². The van der Waals surface area contributed by atoms with E-state index in [2.05, 4.69) is 16.9 Å². The molecule has 102 valence electrons. The molecule has 1 aromatic heterocycles. The molecule has 1 aliphatic heterocycles. The van der Waals surface area contributed by atoms with Gasteiger partial charge in [-0.15, -0.1) is 0 Å². The number of hydrogen-bond donors (Lipinski definition) is 0. The van der Waals surface area contributed by atoms with Gasteiger partial charge in [-0.05, 0) is 38.9 Å². The first-order valence-corrected chi connectivity index (χ1v) is 6.42. The largest absolute Gasteiger partial charge is 0.407 e. The highest BCUT2D eigenvalue weighted by atomic mass is 16.5. The minimum absolute atomic E-state index is 0.213. The Kier molecular flexibility index (Phi) is 4.27. The van der Waals surface area contributed by atoms with Gasteiger partial charge in [-0.1, -0.05) is 6.07 Å². The van der Waals surface area contributed by atoms with Gasteiger partial charge in [0.05, 0.1) is 0 Å². The van der Waals surface area contributed by atoms with Gasteiger partial charge in [0, 0.05) is 18.3 Å². The molecule has 0 bridgehead atoms. The van der Waals surface area contributed by atoms with Crippen molar-refractivity contribution in [2.45, 2.75) is 32.2 Å². The summed E-state index contributed by atoms with van der Waals surface area (Å²) in [6, 6.07) is 4.00. The smallest absolute Gasteiger partial charge is 0.320 e. The average molecular weight is 262 g/mol. The molecular formula is C14H18N2O3. The normalized spacial score (nSPS) is 19.4. The van der Waals surface area contributed by atoms with E-state index in [1.807, 2.05) is 6.07 Å². The maximum absolute atomic E-state index is 11.3. The van der Waals surface area contributed by atoms with Gasteiger partial charge in [-0.2, -0.15) is 0 Å². The van der Waals surface area contributed by atoms with Crippen molar-refractivity contribution < 1.29 is 14.3 Å². The molecule has 1 fully saturated rings. The number of likely N-dealkylation sites (tertiary alicyclic amines) is 1. The van der Waals surface area contributed by atoms with Crippen LogP contribution in [0.3, 0.4) is 0 Å². The standard InChI is InChI=1S/C14H18N2O3/c1-10(17)8-14(18)19-13-6-5-11(9-15-13)12-4-3-7-16(12)2/h5-6,9,12H,3-4,7-8H2,1-2H3. The summed E-state index contributed by atoms with van der Waals surface area (Å²) in [5.74, 6) is -0.532. The van der Waals surface area contributed by atoms with E-state index in [4.69, 9.17) is 4.74 Å². The number of ketones is 1. The molecule has 0 aromatic carbocycles. The van der Waals surface area contributed by atoms with Crippen LogP contribution in [0.15, 0.2) is 18.3 Å². The maximum atomic E-state index is 11.3. The molecule has 0 aliphatic carbocycles. The number of Topliss-reactive ketones (excluding diaryl/α,β-unsaturated/α-hetero) is 1. The van der Waals surface area contributed by atoms with E-state index in [1.165, 1.54) is 13.3 Å². The Morgan fingerprint density at radius 2 is 2.26 bits per heavy atom. The molecular weight excluding hydrogens is 244 g/mol. The van der Waals surface area contributed by atoms with Crippen LogP contribution in [-0.4, -0.2) is 35.2 Å². The molecule has 0 saturated carbocycles. The van der Waals surface area contributed by atoms with Crippen LogP contribution in [0.1, 0.15) is 37.8 Å². The van der Waals surface area contributed by atoms with Gasteiger partial charge < -0.3 is 4.74 Å². The SMILES string of the molecule is CC(=O)CC(=O)Oc1ccc(C2CCCN2C)cn1. The number of aromatic nitrogens is 1. The van der Waals surface area contributed by atoms with Gasteiger partial charge in [-0.3, -0.25) is 14.5 Å². The molecule has 1 saturated heterocycles. The summed E-state index contributed by atoms with van der Waals surface area (Å²) in [6.45, 7) is 2.45. The zero-order valence-corrected chi connectivity index (χ0v) is 11.3. The minimum atomic E-state index is -0.564. The van der Waals surface area contributed by atoms with Gasteiger partial charge in [0.15, 0.2) is 0 Å². The number of ether oxygens (including phenoxy) is 1. The predicted octanol–water partition coefficient (Wildman–Crippen LogP) is 1.73. The van der Waals surface area contributed by atoms with Crippen molar-refractivity contribution in [2.75, 3.05) is 13.6 Å². The lowest BCUT2D eigenvalue weighted by molar-refractivity contribution is -0.137. The molecule has 0 radical (unpaired) electrons. The van der Waals surface area contributed by atoms with Crippen LogP contribution in [0, 0.1) is 0 Å². The van der Waals surface area contributed by atoms with Crippen LogP contribution in [0.4, 0.5) is 0 Å². The zero-order valence-electron chi connectivity index (χ0n) is 11.3. The molecule has 0 N–H and O–H groups in total. The van der Waals surface area contributed by atoms with E-state index >= 15 is 0 Å². The minimum Gasteiger partial charge on any atom is -0.407 e. The molecule has 5 heteroatoms. The van der Waals surface area contributed by atoms with Crippen LogP contribution in [0.25, 0.3) is 0 Å². The van der Waals surface area contributed by atoms with Crippen LogP contribution in [0.2, 0.25) is 0 Å². The van der Waals surface area contributed by atoms with Crippen LogP contribution in [0.5, 0.6) is 5.88 Å². The van der Waals surface area contributed by atoms with Crippen molar-refractivity contribution in [3.63, 3.8) is 0 Å². The first-order valence-electron chi connectivity index (χ1n) is 6.42. The highest BCUT2D eigenvalue weighted by Gasteiger charge is 2.22. The third-order valence-corrected chi connectivity index (χ3v) is 3.28. The Labute approximate surface area is 112 Å². The average Bonchev–Trinajstić information content (AvgIpc) is 2.75. The van der Waals surface area contributed by atoms with Gasteiger partial charge in [-0.25, -0.2) is 4.98 Å². The molecule has 2 heterocycles. The Bertz CT molecular complexity index is 470. The number of carbonyl (C=O) groups excluding carboxylic acids is 2. The summed E-state index contributed by atoms with van der Waals surface area (Å²) in [5, 5.41) is 0. The molecule has 2 rings (SSSR count). The summed E-state index contributed by atoms with van der Waals surface area (Å²) in [5.41, 5.74) is 1.13. The second-order valence-corrected chi connectivity index (χ2v) is 4.92. The Morgan fingerprint density at radius 3 is 2.79 bits per heavy atom. The summed E-state index contributed by atoms with van der Waals surface area (Å²) < 4.78 is 4.99. The van der Waals surface area contributed by atoms with E-state index in [9.17, 15) is 9.59 Å². The molecule has 0 amide bonds. The number of hydrogen-bond acceptors (Lipinski definition) is 5. The van der Waals surface area contributed by atoms with Crippen molar-refractivity contribution >= 4 is 11.8 Å². The lowest BCUT2D eigenvalue weighted by atomic mass is 10.1. The van der Waals surface area contributed by atoms with Crippen molar-refractivity contribution in [1.29, 1.82) is 0 Å². The van der Waals surface area contributed by atoms with Crippen molar-refractivity contribution in [1.82, 2.24) is 9.88 Å². The van der Waals surface area contributed by atoms with Crippen molar-refractivity contribution in [3.05, 3.63) is 23.9 Å². The molecule has 1 unspecified atom stereocenters. The van der Waals surface area contributed by atoms with Gasteiger partial charge >= 0.3 is 5.97 Å². The number of esters is 1. The summed E-state index contributed by atoms with van der Waals surface area (Å²) in [7, 11) is 2.10. The fourth-order valence-corrected chi connectivity index (χ4v) is 2.34. The van der Waals surface area contributed by atoms with E-state index < -0.39 is 5.97 Å². The lowest BCUT2D eigenvalue weighted by Crippen LogP contribution is -2.17. The summed E-state index contributed by atoms with van der Waals surface area (Å²) in [4.78, 5) is 28.5. The fraction of sp³-hybridized carbons (Fsp3) is 0.500. The Morgan fingerprint density at radius 1 is 1.47 bits per heavy atom. The Balaban J connectivity index is 1.98. The zero-order chi connectivity index (χ0) is 13.8. The number of nitrogens with zero attached hydrogens (tertiary/aromatic N) is 2. The second-order valence-electron chi connectivity index (χ2n) is 4.92. The fourth-order valence-electron chi connectivity index (χ4n) is 2.34. The van der Waals surface area contributed by atoms with Crippen molar-refractivity contribution in [2.24, 2.45) is 0 Å². The second kappa shape index (κ2) is 5.93. The molecule has 1 aliphatic rings. The molecule has 1 atom stereocenters. The van der Waals surface area contributed by atoms with Gasteiger partial charge in [0.2, 0.25) is 5.88 Å². The van der Waals surface area contributed by atoms with Crippen LogP contribution in [-0.2, 0) is 9.59 Å². The number of pyridine rings is 1. The van der Waals surface area contributed by atoms with E-state index in [0.717, 1.165) is 18.5 Å². The van der Waals surface area contributed by atoms with Crippen LogP contribution >= 0.6 is 0 Å². The monoisotopic (exact) mass is 262 g/mol. The predicted molar refractivity (Wildman–Crippen MR) is 69.8 cm³/mol. The first kappa shape index (κ1) is 13.7. The first-order chi connectivity index (χ1) is 9.06. The van der Waals surface area contributed by atoms with E-state index in [0.29, 0.717) is 6.04 Å². The third-order valence-electron chi connectivity index (χ3n) is 3.28. The highest BCUT2D eigenvalue weighted by molar-refractivity contribution is 5.94. The summed E-state index contributed by atoms with van der Waals surface area (Å²) in [6.07, 6.45) is 3.84. The van der Waals surface area contributed by atoms with E-state index in [-0.39, 0.29) is 18.1 Å². The molecule has 19 heavy (non-hydrogen) atoms. The van der Waals surface area contributed by atoms with Crippen molar-refractivity contribution in [3.8, 4) is 5.88 Å². The van der Waals surface area contributed by atoms with E-state index in [1.54, 1.807) is 12.3 Å². The quantitative estimate of drug-likeness (QED) is 0.611. The Hall–Kier alpha value is -1.75. The third kappa shape index (κ3) is 3.61. The molecule has 5 nitrogen and oxygen atoms in total. The summed E-state index contributed by atoms with van der Waals surface area (Å²) >= 11 is 0. The number of carbonyl (C=O) groups is 2. The van der Waals surface area contributed by atoms with Gasteiger partial charge in [0.25, 0.3) is 0 Å². The molecule has 1 aromatic rings. The molecule has 0 spiro atoms. The van der Waals surface area contributed by atoms with Crippen LogP contribution < -0.4 is 4.74 Å².